The van der Waals surface area contributed by atoms with E-state index in [1.165, 1.54) is 18.2 Å². The first-order chi connectivity index (χ1) is 12.7. The summed E-state index contributed by atoms with van der Waals surface area (Å²) in [7, 11) is 2.04. The van der Waals surface area contributed by atoms with Crippen molar-refractivity contribution in [3.05, 3.63) is 40.2 Å². The maximum Gasteiger partial charge on any atom is 0.432 e. The van der Waals surface area contributed by atoms with Crippen molar-refractivity contribution in [2.45, 2.75) is 19.0 Å². The van der Waals surface area contributed by atoms with Crippen LogP contribution in [0.3, 0.4) is 0 Å². The lowest BCUT2D eigenvalue weighted by molar-refractivity contribution is -0.385. The van der Waals surface area contributed by atoms with E-state index in [9.17, 15) is 23.3 Å². The van der Waals surface area contributed by atoms with E-state index in [2.05, 4.69) is 14.9 Å². The van der Waals surface area contributed by atoms with Gasteiger partial charge in [0.15, 0.2) is 5.75 Å². The normalized spacial score (nSPS) is 16.4. The molecule has 0 saturated carbocycles. The third-order valence-corrected chi connectivity index (χ3v) is 4.62. The van der Waals surface area contributed by atoms with Gasteiger partial charge in [0, 0.05) is 11.6 Å². The van der Waals surface area contributed by atoms with Gasteiger partial charge in [0.2, 0.25) is 0 Å². The Morgan fingerprint density at radius 2 is 2.07 bits per heavy atom. The summed E-state index contributed by atoms with van der Waals surface area (Å²) in [5, 5.41) is 11.4. The second-order valence-corrected chi connectivity index (χ2v) is 6.64. The van der Waals surface area contributed by atoms with Crippen molar-refractivity contribution in [2.24, 2.45) is 5.92 Å². The molecule has 0 radical (unpaired) electrons. The number of halogens is 3. The van der Waals surface area contributed by atoms with Gasteiger partial charge in [-0.15, -0.1) is 0 Å². The number of piperidine rings is 1. The topological polar surface area (TPSA) is 84.3 Å². The van der Waals surface area contributed by atoms with Crippen LogP contribution in [0.5, 0.6) is 5.75 Å². The molecule has 7 nitrogen and oxygen atoms in total. The van der Waals surface area contributed by atoms with Crippen molar-refractivity contribution in [3.8, 4) is 17.1 Å². The highest BCUT2D eigenvalue weighted by molar-refractivity contribution is 5.63. The van der Waals surface area contributed by atoms with Gasteiger partial charge in [-0.3, -0.25) is 10.1 Å². The van der Waals surface area contributed by atoms with E-state index in [0.717, 1.165) is 25.9 Å². The molecule has 2 aromatic rings. The van der Waals surface area contributed by atoms with Crippen molar-refractivity contribution in [1.29, 1.82) is 0 Å². The molecule has 3 rings (SSSR count). The molecule has 1 saturated heterocycles. The molecule has 1 aliphatic heterocycles. The molecule has 0 bridgehead atoms. The van der Waals surface area contributed by atoms with Gasteiger partial charge < -0.3 is 14.6 Å². The third-order valence-electron chi connectivity index (χ3n) is 4.62. The maximum absolute atomic E-state index is 12.7. The van der Waals surface area contributed by atoms with Gasteiger partial charge in [0.1, 0.15) is 11.5 Å². The number of aromatic nitrogens is 2. The van der Waals surface area contributed by atoms with Crippen molar-refractivity contribution >= 4 is 5.69 Å². The number of rotatable bonds is 5. The number of aromatic amines is 1. The van der Waals surface area contributed by atoms with Crippen molar-refractivity contribution in [2.75, 3.05) is 26.7 Å². The quantitative estimate of drug-likeness (QED) is 0.627. The number of benzene rings is 1. The molecule has 146 valence electrons. The molecule has 1 N–H and O–H groups in total. The number of nitro groups is 1. The molecule has 1 fully saturated rings. The molecule has 1 aromatic heterocycles. The second-order valence-electron chi connectivity index (χ2n) is 6.64. The lowest BCUT2D eigenvalue weighted by Gasteiger charge is -2.28. The summed E-state index contributed by atoms with van der Waals surface area (Å²) in [5.41, 5.74) is -1.13. The predicted octanol–water partition coefficient (Wildman–Crippen LogP) is 3.72. The molecule has 27 heavy (non-hydrogen) atoms. The fraction of sp³-hybridized carbons (Fsp3) is 0.471. The van der Waals surface area contributed by atoms with Gasteiger partial charge >= 0.3 is 11.9 Å². The number of likely N-dealkylation sites (tertiary alicyclic amines) is 1. The Kier molecular flexibility index (Phi) is 5.36. The van der Waals surface area contributed by atoms with Crippen LogP contribution in [0.25, 0.3) is 11.4 Å². The summed E-state index contributed by atoms with van der Waals surface area (Å²) < 4.78 is 43.7. The molecule has 0 amide bonds. The Labute approximate surface area is 153 Å². The van der Waals surface area contributed by atoms with Crippen molar-refractivity contribution in [1.82, 2.24) is 14.9 Å². The molecule has 1 aliphatic rings. The monoisotopic (exact) mass is 384 g/mol. The third kappa shape index (κ3) is 4.57. The highest BCUT2D eigenvalue weighted by Gasteiger charge is 2.33. The minimum atomic E-state index is -4.56. The van der Waals surface area contributed by atoms with Crippen LogP contribution in [0.1, 0.15) is 18.5 Å². The van der Waals surface area contributed by atoms with Gasteiger partial charge in [-0.1, -0.05) is 0 Å². The number of nitrogens with zero attached hydrogens (tertiary/aromatic N) is 3. The average molecular weight is 384 g/mol. The number of hydrogen-bond acceptors (Lipinski definition) is 5. The van der Waals surface area contributed by atoms with Crippen LogP contribution in [0.4, 0.5) is 18.9 Å². The molecule has 0 unspecified atom stereocenters. The number of hydrogen-bond donors (Lipinski definition) is 1. The summed E-state index contributed by atoms with van der Waals surface area (Å²) in [5.74, 6) is 0.331. The van der Waals surface area contributed by atoms with Gasteiger partial charge in [-0.25, -0.2) is 4.98 Å². The van der Waals surface area contributed by atoms with E-state index < -0.39 is 16.8 Å². The van der Waals surface area contributed by atoms with Crippen molar-refractivity contribution < 1.29 is 22.8 Å². The fourth-order valence-corrected chi connectivity index (χ4v) is 2.98. The number of H-pyrrole nitrogens is 1. The zero-order valence-electron chi connectivity index (χ0n) is 14.6. The lowest BCUT2D eigenvalue weighted by Crippen LogP contribution is -2.32. The first-order valence-electron chi connectivity index (χ1n) is 8.46. The van der Waals surface area contributed by atoms with E-state index in [1.54, 1.807) is 0 Å². The number of nitrogens with one attached hydrogen (secondary N) is 1. The minimum Gasteiger partial charge on any atom is -0.487 e. The molecule has 10 heteroatoms. The first-order valence-corrected chi connectivity index (χ1v) is 8.46. The van der Waals surface area contributed by atoms with Crippen LogP contribution in [-0.2, 0) is 6.18 Å². The maximum atomic E-state index is 12.7. The van der Waals surface area contributed by atoms with Crippen LogP contribution in [0.2, 0.25) is 0 Å². The molecule has 0 aliphatic carbocycles. The summed E-state index contributed by atoms with van der Waals surface area (Å²) in [6.45, 7) is 2.27. The second kappa shape index (κ2) is 7.55. The van der Waals surface area contributed by atoms with Crippen LogP contribution in [0.15, 0.2) is 24.4 Å². The highest BCUT2D eigenvalue weighted by Crippen LogP contribution is 2.34. The van der Waals surface area contributed by atoms with Crippen LogP contribution >= 0.6 is 0 Å². The van der Waals surface area contributed by atoms with Crippen LogP contribution in [-0.4, -0.2) is 46.5 Å². The average Bonchev–Trinajstić information content (AvgIpc) is 3.11. The molecular formula is C17H19F3N4O3. The molecule has 1 aromatic carbocycles. The van der Waals surface area contributed by atoms with Crippen LogP contribution < -0.4 is 4.74 Å². The van der Waals surface area contributed by atoms with Gasteiger partial charge in [0.05, 0.1) is 17.7 Å². The standard InChI is InChI=1S/C17H19F3N4O3/c1-23-6-4-11(5-7-23)10-27-14-3-2-12(8-13(14)24(25)26)16-21-9-15(22-16)17(18,19)20/h2-3,8-9,11H,4-7,10H2,1H3,(H,21,22). The summed E-state index contributed by atoms with van der Waals surface area (Å²) >= 11 is 0. The van der Waals surface area contributed by atoms with Gasteiger partial charge in [-0.05, 0) is 51.0 Å². The van der Waals surface area contributed by atoms with E-state index in [0.29, 0.717) is 18.7 Å². The summed E-state index contributed by atoms with van der Waals surface area (Å²) in [4.78, 5) is 18.8. The smallest absolute Gasteiger partial charge is 0.432 e. The van der Waals surface area contributed by atoms with Crippen molar-refractivity contribution in [3.63, 3.8) is 0 Å². The Morgan fingerprint density at radius 1 is 1.37 bits per heavy atom. The zero-order valence-corrected chi connectivity index (χ0v) is 14.6. The van der Waals surface area contributed by atoms with Gasteiger partial charge in [0.25, 0.3) is 0 Å². The van der Waals surface area contributed by atoms with E-state index >= 15 is 0 Å². The SMILES string of the molecule is CN1CCC(COc2ccc(-c3ncc(C(F)(F)F)[nH]3)cc2[N+](=O)[O-])CC1. The van der Waals surface area contributed by atoms with Gasteiger partial charge in [-0.2, -0.15) is 13.2 Å². The first kappa shape index (κ1) is 19.2. The molecule has 0 spiro atoms. The molecular weight excluding hydrogens is 365 g/mol. The summed E-state index contributed by atoms with van der Waals surface area (Å²) in [6, 6.07) is 4.02. The zero-order chi connectivity index (χ0) is 19.6. The Morgan fingerprint density at radius 3 is 2.67 bits per heavy atom. The molecule has 0 atom stereocenters. The minimum absolute atomic E-state index is 0.0905. The lowest BCUT2D eigenvalue weighted by atomic mass is 9.98. The predicted molar refractivity (Wildman–Crippen MR) is 91.4 cm³/mol. The Bertz CT molecular complexity index is 814. The number of imidazole rings is 1. The number of nitro benzene ring substituents is 1. The largest absolute Gasteiger partial charge is 0.487 e. The Balaban J connectivity index is 1.76. The summed E-state index contributed by atoms with van der Waals surface area (Å²) in [6.07, 6.45) is -2.00. The van der Waals surface area contributed by atoms with E-state index in [1.807, 2.05) is 7.05 Å². The van der Waals surface area contributed by atoms with E-state index in [4.69, 9.17) is 4.74 Å². The molecule has 2 heterocycles. The fourth-order valence-electron chi connectivity index (χ4n) is 2.98. The number of ether oxygens (including phenoxy) is 1. The van der Waals surface area contributed by atoms with Crippen LogP contribution in [0, 0.1) is 16.0 Å². The van der Waals surface area contributed by atoms with E-state index in [-0.39, 0.29) is 22.8 Å². The highest BCUT2D eigenvalue weighted by atomic mass is 19.4. The Hall–Kier alpha value is -2.62. The number of alkyl halides is 3.